The molecule has 0 amide bonds. The van der Waals surface area contributed by atoms with Crippen LogP contribution in [-0.2, 0) is 10.8 Å². The largest absolute Gasteiger partial charge is 0.454 e. The SMILES string of the molecule is CC(C)(C)c1cccc2c1oc1c(N3c4cc(N(c5ccccc5)c5ccccc5)cc5c4B4c6c3cccc6[Si](c3ccccc3)(c3ccccc3)c3cccc(c34)N5c3cccc4c3oc3c(C(C)(C)C)cccc34)cccc12. The topological polar surface area (TPSA) is 36.0 Å². The summed E-state index contributed by atoms with van der Waals surface area (Å²) in [5, 5.41) is 9.95. The van der Waals surface area contributed by atoms with Crippen LogP contribution in [0, 0.1) is 0 Å². The highest BCUT2D eigenvalue weighted by Gasteiger charge is 2.56. The van der Waals surface area contributed by atoms with Crippen molar-refractivity contribution in [3.05, 3.63) is 254 Å². The second kappa shape index (κ2) is 17.4. The Kier molecular flexibility index (Phi) is 10.2. The van der Waals surface area contributed by atoms with E-state index in [1.807, 2.05) is 0 Å². The second-order valence-electron chi connectivity index (χ2n) is 24.3. The van der Waals surface area contributed by atoms with Gasteiger partial charge in [0.15, 0.2) is 19.2 Å². The van der Waals surface area contributed by atoms with Crippen LogP contribution in [0.3, 0.4) is 0 Å². The van der Waals surface area contributed by atoms with Gasteiger partial charge >= 0.3 is 0 Å². The van der Waals surface area contributed by atoms with Crippen molar-refractivity contribution in [1.29, 1.82) is 0 Å². The molecule has 5 heterocycles. The highest BCUT2D eigenvalue weighted by atomic mass is 28.3. The molecule has 0 spiro atoms. The summed E-state index contributed by atoms with van der Waals surface area (Å²) in [4.78, 5) is 7.58. The van der Waals surface area contributed by atoms with Crippen LogP contribution in [0.2, 0.25) is 0 Å². The lowest BCUT2D eigenvalue weighted by Crippen LogP contribution is -2.88. The third-order valence-electron chi connectivity index (χ3n) is 17.7. The van der Waals surface area contributed by atoms with E-state index in [4.69, 9.17) is 8.83 Å². The lowest BCUT2D eigenvalue weighted by atomic mass is 9.33. The molecule has 11 aromatic carbocycles. The maximum Gasteiger partial charge on any atom is 0.251 e. The van der Waals surface area contributed by atoms with Gasteiger partial charge in [-0.15, -0.1) is 0 Å². The van der Waals surface area contributed by atoms with Gasteiger partial charge in [0.25, 0.3) is 6.71 Å². The van der Waals surface area contributed by atoms with E-state index in [0.29, 0.717) is 0 Å². The second-order valence-corrected chi connectivity index (χ2v) is 28.1. The highest BCUT2D eigenvalue weighted by Crippen LogP contribution is 2.52. The minimum atomic E-state index is -3.16. The molecule has 0 aliphatic carbocycles. The Labute approximate surface area is 474 Å². The summed E-state index contributed by atoms with van der Waals surface area (Å²) in [5.41, 5.74) is 19.3. The van der Waals surface area contributed by atoms with E-state index >= 15 is 0 Å². The third kappa shape index (κ3) is 6.73. The van der Waals surface area contributed by atoms with Crippen LogP contribution in [-0.4, -0.2) is 14.8 Å². The molecule has 81 heavy (non-hydrogen) atoms. The summed E-state index contributed by atoms with van der Waals surface area (Å²) < 4.78 is 14.9. The van der Waals surface area contributed by atoms with Crippen molar-refractivity contribution in [3.63, 3.8) is 0 Å². The summed E-state index contributed by atoms with van der Waals surface area (Å²) in [6.07, 6.45) is 0. The monoisotopic (exact) mass is 1060 g/mol. The van der Waals surface area contributed by atoms with Gasteiger partial charge in [0.1, 0.15) is 11.2 Å². The summed E-state index contributed by atoms with van der Waals surface area (Å²) in [5.74, 6) is 0. The molecule has 13 aromatic rings. The Bertz CT molecular complexity index is 4400. The quantitative estimate of drug-likeness (QED) is 0.149. The van der Waals surface area contributed by atoms with Gasteiger partial charge in [0.05, 0.1) is 17.1 Å². The predicted molar refractivity (Wildman–Crippen MR) is 344 cm³/mol. The fourth-order valence-corrected chi connectivity index (χ4v) is 19.7. The first kappa shape index (κ1) is 47.7. The van der Waals surface area contributed by atoms with Gasteiger partial charge in [-0.2, -0.15) is 0 Å². The minimum absolute atomic E-state index is 0.131. The fraction of sp³-hybridized carbons (Fsp3) is 0.108. The van der Waals surface area contributed by atoms with Crippen LogP contribution >= 0.6 is 0 Å². The highest BCUT2D eigenvalue weighted by molar-refractivity contribution is 7.27. The molecule has 0 radical (unpaired) electrons. The average Bonchev–Trinajstić information content (AvgIpc) is 2.59. The molecule has 388 valence electrons. The summed E-state index contributed by atoms with van der Waals surface area (Å²) >= 11 is 0. The Morgan fingerprint density at radius 2 is 0.691 bits per heavy atom. The molecule has 0 saturated heterocycles. The first-order valence-corrected chi connectivity index (χ1v) is 30.5. The van der Waals surface area contributed by atoms with E-state index in [1.165, 1.54) is 48.3 Å². The van der Waals surface area contributed by atoms with Gasteiger partial charge in [0, 0.05) is 66.8 Å². The maximum atomic E-state index is 7.45. The smallest absolute Gasteiger partial charge is 0.251 e. The zero-order chi connectivity index (χ0) is 54.5. The summed E-state index contributed by atoms with van der Waals surface area (Å²) in [7, 11) is -3.16. The molecular formula is C74H58BN3O2Si. The van der Waals surface area contributed by atoms with Crippen LogP contribution in [0.5, 0.6) is 0 Å². The number of hydrogen-bond donors (Lipinski definition) is 0. The molecule has 0 fully saturated rings. The first-order valence-electron chi connectivity index (χ1n) is 28.5. The van der Waals surface area contributed by atoms with Crippen molar-refractivity contribution in [3.8, 4) is 0 Å². The number of para-hydroxylation sites is 6. The number of hydrogen-bond acceptors (Lipinski definition) is 5. The van der Waals surface area contributed by atoms with Crippen LogP contribution in [0.1, 0.15) is 52.7 Å². The van der Waals surface area contributed by atoms with Crippen LogP contribution in [0.4, 0.5) is 51.2 Å². The van der Waals surface area contributed by atoms with Crippen LogP contribution < -0.4 is 51.8 Å². The van der Waals surface area contributed by atoms with Gasteiger partial charge in [-0.05, 0) is 109 Å². The molecule has 2 aromatic heterocycles. The molecule has 0 unspecified atom stereocenters. The lowest BCUT2D eigenvalue weighted by Gasteiger charge is -2.51. The zero-order valence-electron chi connectivity index (χ0n) is 46.3. The molecule has 0 N–H and O–H groups in total. The molecule has 0 saturated carbocycles. The number of benzene rings is 11. The number of anilines is 9. The number of nitrogens with zero attached hydrogens (tertiary/aromatic N) is 3. The Hall–Kier alpha value is -9.30. The standard InChI is InChI=1S/C74H58BN3O2Si/c1-73(2,3)56-37-19-33-52-54-35-21-41-60(71(54)79-69(52)56)77-58-39-23-43-64-67(58)75-66-62(77)45-49(76(47-25-11-7-12-26-47)48-27-13-8-14-28-48)46-63(66)78(61-42-22-36-55-53-34-20-38-57(74(4,5)6)70(53)80-72(55)61)59-40-24-44-65(68(59)75)81(64,50-29-15-9-16-30-50)51-31-17-10-18-32-51/h7-46H,1-6H3. The molecule has 7 heteroatoms. The molecule has 16 rings (SSSR count). The van der Waals surface area contributed by atoms with E-state index in [9.17, 15) is 0 Å². The normalized spacial score (nSPS) is 14.1. The van der Waals surface area contributed by atoms with E-state index in [2.05, 4.69) is 299 Å². The Morgan fingerprint density at radius 3 is 1.10 bits per heavy atom. The van der Waals surface area contributed by atoms with Gasteiger partial charge in [0.2, 0.25) is 0 Å². The van der Waals surface area contributed by atoms with Crippen molar-refractivity contribution < 1.29 is 8.83 Å². The predicted octanol–water partition coefficient (Wildman–Crippen LogP) is 15.3. The average molecular weight is 1060 g/mol. The molecule has 3 aliphatic heterocycles. The van der Waals surface area contributed by atoms with E-state index in [-0.39, 0.29) is 17.5 Å². The number of rotatable bonds is 7. The van der Waals surface area contributed by atoms with Crippen molar-refractivity contribution >= 4 is 147 Å². The number of furan rings is 2. The van der Waals surface area contributed by atoms with Gasteiger partial charge < -0.3 is 23.5 Å². The molecular weight excluding hydrogens is 1000 g/mol. The molecule has 3 aliphatic rings. The molecule has 0 atom stereocenters. The minimum Gasteiger partial charge on any atom is -0.454 e. The number of fused-ring (bicyclic) bond motifs is 6. The Morgan fingerprint density at radius 1 is 0.333 bits per heavy atom. The van der Waals surface area contributed by atoms with Crippen molar-refractivity contribution in [2.75, 3.05) is 14.7 Å². The Balaban J connectivity index is 1.10. The fourth-order valence-electron chi connectivity index (χ4n) is 14.4. The third-order valence-corrected chi connectivity index (χ3v) is 22.6. The van der Waals surface area contributed by atoms with Crippen molar-refractivity contribution in [2.24, 2.45) is 0 Å². The van der Waals surface area contributed by atoms with Gasteiger partial charge in [-0.25, -0.2) is 0 Å². The van der Waals surface area contributed by atoms with Crippen molar-refractivity contribution in [1.82, 2.24) is 0 Å². The summed E-state index contributed by atoms with van der Waals surface area (Å²) in [6.45, 7) is 13.6. The van der Waals surface area contributed by atoms with E-state index < -0.39 is 8.07 Å². The zero-order valence-corrected chi connectivity index (χ0v) is 47.3. The van der Waals surface area contributed by atoms with Crippen LogP contribution in [0.25, 0.3) is 43.9 Å². The van der Waals surface area contributed by atoms with E-state index in [0.717, 1.165) is 95.1 Å². The van der Waals surface area contributed by atoms with Crippen molar-refractivity contribution in [2.45, 2.75) is 52.4 Å². The lowest BCUT2D eigenvalue weighted by molar-refractivity contribution is 0.572. The maximum absolute atomic E-state index is 7.45. The van der Waals surface area contributed by atoms with Gasteiger partial charge in [-0.3, -0.25) is 0 Å². The van der Waals surface area contributed by atoms with Crippen LogP contribution in [0.15, 0.2) is 251 Å². The summed E-state index contributed by atoms with van der Waals surface area (Å²) in [6, 6.07) is 90.7. The molecule has 5 nitrogen and oxygen atoms in total. The molecule has 0 bridgehead atoms. The van der Waals surface area contributed by atoms with E-state index in [1.54, 1.807) is 0 Å². The first-order chi connectivity index (χ1) is 39.5. The van der Waals surface area contributed by atoms with Gasteiger partial charge in [-0.1, -0.05) is 224 Å².